The number of nitrogens with zero attached hydrogens (tertiary/aromatic N) is 2. The molecule has 39 heavy (non-hydrogen) atoms. The molecular weight excluding hydrogens is 545 g/mol. The van der Waals surface area contributed by atoms with E-state index in [1.807, 2.05) is 12.4 Å². The first-order valence-corrected chi connectivity index (χ1v) is 28.5. The summed E-state index contributed by atoms with van der Waals surface area (Å²) in [6, 6.07) is 9.29. The van der Waals surface area contributed by atoms with Gasteiger partial charge in [0.05, 0.1) is 44.4 Å². The summed E-state index contributed by atoms with van der Waals surface area (Å²) in [5.74, 6) is 0.840. The molecule has 2 unspecified atom stereocenters. The maximum atomic E-state index is 11.2. The first-order valence-electron chi connectivity index (χ1n) is 14.5. The van der Waals surface area contributed by atoms with Gasteiger partial charge in [-0.25, -0.2) is 0 Å². The molecule has 0 bridgehead atoms. The van der Waals surface area contributed by atoms with Crippen molar-refractivity contribution >= 4 is 65.5 Å². The van der Waals surface area contributed by atoms with Crippen molar-refractivity contribution < 1.29 is 10.2 Å². The highest BCUT2D eigenvalue weighted by atomic mass is 28.3. The van der Waals surface area contributed by atoms with Gasteiger partial charge in [0, 0.05) is 23.6 Å². The van der Waals surface area contributed by atoms with Gasteiger partial charge in [-0.2, -0.15) is 0 Å². The number of phenolic OH excluding ortho intramolecular Hbond substituents is 2. The Bertz CT molecular complexity index is 1160. The van der Waals surface area contributed by atoms with E-state index in [9.17, 15) is 10.2 Å². The summed E-state index contributed by atoms with van der Waals surface area (Å²) >= 11 is 0. The maximum absolute atomic E-state index is 11.2. The number of aromatic hydroxyl groups is 2. The topological polar surface area (TPSA) is 65.2 Å². The van der Waals surface area contributed by atoms with Crippen LogP contribution in [0.15, 0.2) is 34.3 Å². The highest BCUT2D eigenvalue weighted by molar-refractivity contribution is 6.92. The highest BCUT2D eigenvalue weighted by Crippen LogP contribution is 2.26. The Kier molecular flexibility index (Phi) is 9.17. The van der Waals surface area contributed by atoms with E-state index < -0.39 is 32.3 Å². The van der Waals surface area contributed by atoms with Gasteiger partial charge in [-0.15, -0.1) is 0 Å². The number of rotatable bonds is 8. The zero-order valence-corrected chi connectivity index (χ0v) is 30.5. The fourth-order valence-corrected chi connectivity index (χ4v) is 10.6. The van der Waals surface area contributed by atoms with Crippen molar-refractivity contribution in [1.82, 2.24) is 0 Å². The van der Waals surface area contributed by atoms with Crippen LogP contribution in [0.5, 0.6) is 11.5 Å². The summed E-state index contributed by atoms with van der Waals surface area (Å²) in [4.78, 5) is 9.90. The number of hydrogen-bond donors (Lipinski definition) is 2. The molecule has 8 heteroatoms. The second kappa shape index (κ2) is 11.3. The molecule has 0 radical (unpaired) electrons. The lowest BCUT2D eigenvalue weighted by molar-refractivity contribution is 0.478. The molecule has 214 valence electrons. The minimum Gasteiger partial charge on any atom is -0.507 e. The van der Waals surface area contributed by atoms with Crippen LogP contribution in [0.3, 0.4) is 0 Å². The smallest absolute Gasteiger partial charge is 0.123 e. The zero-order valence-electron chi connectivity index (χ0n) is 26.5. The van der Waals surface area contributed by atoms with Gasteiger partial charge in [-0.05, 0) is 29.6 Å². The van der Waals surface area contributed by atoms with Crippen LogP contribution in [0.1, 0.15) is 30.4 Å². The summed E-state index contributed by atoms with van der Waals surface area (Å²) in [6.45, 7) is 27.9. The van der Waals surface area contributed by atoms with Gasteiger partial charge in [-0.3, -0.25) is 9.98 Å². The maximum Gasteiger partial charge on any atom is 0.123 e. The van der Waals surface area contributed by atoms with Gasteiger partial charge in [0.1, 0.15) is 11.5 Å². The molecule has 0 heterocycles. The van der Waals surface area contributed by atoms with Crippen molar-refractivity contribution in [2.45, 2.75) is 110 Å². The predicted molar refractivity (Wildman–Crippen MR) is 185 cm³/mol. The molecule has 1 fully saturated rings. The molecule has 2 N–H and O–H groups in total. The van der Waals surface area contributed by atoms with E-state index in [0.29, 0.717) is 11.5 Å². The average molecular weight is 597 g/mol. The molecular formula is C31H52N2O2Si4. The van der Waals surface area contributed by atoms with Crippen molar-refractivity contribution in [3.8, 4) is 11.5 Å². The van der Waals surface area contributed by atoms with E-state index in [0.717, 1.165) is 40.8 Å². The van der Waals surface area contributed by atoms with E-state index in [1.54, 1.807) is 0 Å². The van der Waals surface area contributed by atoms with Gasteiger partial charge in [0.15, 0.2) is 0 Å². The molecule has 2 aromatic rings. The van der Waals surface area contributed by atoms with Crippen LogP contribution in [-0.4, -0.2) is 67.0 Å². The number of phenols is 2. The van der Waals surface area contributed by atoms with Crippen molar-refractivity contribution in [2.24, 2.45) is 9.98 Å². The molecule has 1 aliphatic rings. The van der Waals surface area contributed by atoms with Crippen LogP contribution in [-0.2, 0) is 0 Å². The van der Waals surface area contributed by atoms with E-state index in [4.69, 9.17) is 9.98 Å². The summed E-state index contributed by atoms with van der Waals surface area (Å²) < 4.78 is 0. The van der Waals surface area contributed by atoms with Crippen molar-refractivity contribution in [3.05, 3.63) is 35.4 Å². The SMILES string of the molecule is C[Si](C)(C)c1cc(C=NC2CCC(N=Cc3cc([Si](C)(C)C)cc([Si](C)(C)C)c3O)C2)c(O)c([Si](C)(C)C)c1. The van der Waals surface area contributed by atoms with E-state index >= 15 is 0 Å². The fourth-order valence-electron chi connectivity index (χ4n) is 5.10. The molecule has 3 rings (SSSR count). The van der Waals surface area contributed by atoms with E-state index in [-0.39, 0.29) is 12.1 Å². The molecule has 2 atom stereocenters. The van der Waals surface area contributed by atoms with E-state index in [2.05, 4.69) is 103 Å². The normalized spacial score (nSPS) is 19.5. The molecule has 2 aromatic carbocycles. The van der Waals surface area contributed by atoms with Crippen molar-refractivity contribution in [2.75, 3.05) is 0 Å². The standard InChI is InChI=1S/C31H52N2O2Si4/c1-36(2,3)26-15-22(30(34)28(18-26)38(7,8)9)20-32-24-13-14-25(17-24)33-21-23-16-27(37(4,5)6)19-29(31(23)35)39(10,11)12/h15-16,18-21,24-25,34-35H,13-14,17H2,1-12H3. The minimum absolute atomic E-state index is 0.205. The van der Waals surface area contributed by atoms with Crippen LogP contribution >= 0.6 is 0 Å². The van der Waals surface area contributed by atoms with Gasteiger partial charge in [-0.1, -0.05) is 113 Å². The molecule has 0 amide bonds. The Morgan fingerprint density at radius 1 is 0.564 bits per heavy atom. The first-order chi connectivity index (χ1) is 17.7. The van der Waals surface area contributed by atoms with Crippen LogP contribution in [0.4, 0.5) is 0 Å². The predicted octanol–water partition coefficient (Wildman–Crippen LogP) is 5.74. The molecule has 4 nitrogen and oxygen atoms in total. The Balaban J connectivity index is 1.84. The van der Waals surface area contributed by atoms with Crippen LogP contribution < -0.4 is 20.7 Å². The van der Waals surface area contributed by atoms with Crippen LogP contribution in [0.25, 0.3) is 0 Å². The number of hydrogen-bond acceptors (Lipinski definition) is 4. The quantitative estimate of drug-likeness (QED) is 0.302. The van der Waals surface area contributed by atoms with Gasteiger partial charge >= 0.3 is 0 Å². The lowest BCUT2D eigenvalue weighted by atomic mass is 10.2. The van der Waals surface area contributed by atoms with Gasteiger partial charge in [0.25, 0.3) is 0 Å². The molecule has 0 aromatic heterocycles. The Hall–Kier alpha value is -1.75. The van der Waals surface area contributed by atoms with E-state index in [1.165, 1.54) is 10.4 Å². The molecule has 0 saturated heterocycles. The summed E-state index contributed by atoms with van der Waals surface area (Å²) in [7, 11) is -6.46. The highest BCUT2D eigenvalue weighted by Gasteiger charge is 2.29. The lowest BCUT2D eigenvalue weighted by Crippen LogP contribution is -2.45. The Labute approximate surface area is 241 Å². The second-order valence-corrected chi connectivity index (χ2v) is 35.8. The summed E-state index contributed by atoms with van der Waals surface area (Å²) in [5.41, 5.74) is 1.73. The van der Waals surface area contributed by atoms with Crippen molar-refractivity contribution in [3.63, 3.8) is 0 Å². The molecule has 0 spiro atoms. The Morgan fingerprint density at radius 2 is 0.897 bits per heavy atom. The van der Waals surface area contributed by atoms with Gasteiger partial charge < -0.3 is 10.2 Å². The molecule has 1 aliphatic carbocycles. The first kappa shape index (κ1) is 31.8. The molecule has 1 saturated carbocycles. The summed E-state index contributed by atoms with van der Waals surface area (Å²) in [5, 5.41) is 27.3. The fraction of sp³-hybridized carbons (Fsp3) is 0.548. The molecule has 0 aliphatic heterocycles. The third kappa shape index (κ3) is 7.92. The monoisotopic (exact) mass is 596 g/mol. The lowest BCUT2D eigenvalue weighted by Gasteiger charge is -2.25. The van der Waals surface area contributed by atoms with Crippen LogP contribution in [0, 0.1) is 0 Å². The number of benzene rings is 2. The number of aliphatic imine (C=N–C) groups is 2. The second-order valence-electron chi connectivity index (χ2n) is 15.6. The third-order valence-corrected chi connectivity index (χ3v) is 15.9. The minimum atomic E-state index is -1.69. The largest absolute Gasteiger partial charge is 0.507 e. The van der Waals surface area contributed by atoms with Crippen LogP contribution in [0.2, 0.25) is 78.6 Å². The third-order valence-electron chi connectivity index (χ3n) is 7.85. The van der Waals surface area contributed by atoms with Gasteiger partial charge in [0.2, 0.25) is 0 Å². The van der Waals surface area contributed by atoms with Crippen molar-refractivity contribution in [1.29, 1.82) is 0 Å². The summed E-state index contributed by atoms with van der Waals surface area (Å²) in [6.07, 6.45) is 6.73. The average Bonchev–Trinajstić information content (AvgIpc) is 3.22. The zero-order chi connectivity index (χ0) is 29.6. The Morgan fingerprint density at radius 3 is 1.18 bits per heavy atom.